The van der Waals surface area contributed by atoms with Gasteiger partial charge in [0.15, 0.2) is 0 Å². The standard InChI is InChI=1S/C20H29N3O3S/c1-15-5-7-17(27-15)9-10-21-20(26)16-6-8-19(25)23(14-16)13-3-12-22-11-2-4-18(22)24/h5,7,16H,2-4,6,8-14H2,1H3,(H,21,26). The van der Waals surface area contributed by atoms with Crippen molar-refractivity contribution in [2.75, 3.05) is 32.7 Å². The van der Waals surface area contributed by atoms with E-state index in [1.807, 2.05) is 4.90 Å². The fraction of sp³-hybridized carbons (Fsp3) is 0.650. The number of nitrogens with zero attached hydrogens (tertiary/aromatic N) is 2. The van der Waals surface area contributed by atoms with Gasteiger partial charge in [0.05, 0.1) is 5.92 Å². The maximum atomic E-state index is 12.5. The number of amides is 3. The van der Waals surface area contributed by atoms with E-state index in [-0.39, 0.29) is 23.6 Å². The highest BCUT2D eigenvalue weighted by molar-refractivity contribution is 7.11. The van der Waals surface area contributed by atoms with Gasteiger partial charge in [-0.1, -0.05) is 0 Å². The van der Waals surface area contributed by atoms with Gasteiger partial charge in [-0.3, -0.25) is 14.4 Å². The second kappa shape index (κ2) is 9.35. The smallest absolute Gasteiger partial charge is 0.224 e. The van der Waals surface area contributed by atoms with Crippen molar-refractivity contribution in [2.45, 2.75) is 45.4 Å². The van der Waals surface area contributed by atoms with Gasteiger partial charge in [-0.05, 0) is 44.7 Å². The number of piperidine rings is 1. The zero-order chi connectivity index (χ0) is 19.2. The molecular weight excluding hydrogens is 362 g/mol. The van der Waals surface area contributed by atoms with Crippen LogP contribution in [0.1, 0.15) is 41.9 Å². The summed E-state index contributed by atoms with van der Waals surface area (Å²) in [6.45, 7) is 5.39. The van der Waals surface area contributed by atoms with Crippen LogP contribution in [-0.4, -0.2) is 60.2 Å². The lowest BCUT2D eigenvalue weighted by atomic mass is 9.96. The Morgan fingerprint density at radius 3 is 2.67 bits per heavy atom. The number of likely N-dealkylation sites (tertiary alicyclic amines) is 2. The van der Waals surface area contributed by atoms with E-state index in [1.54, 1.807) is 16.2 Å². The van der Waals surface area contributed by atoms with Crippen molar-refractivity contribution >= 4 is 29.1 Å². The van der Waals surface area contributed by atoms with Crippen LogP contribution in [0.3, 0.4) is 0 Å². The number of aryl methyl sites for hydroxylation is 1. The van der Waals surface area contributed by atoms with Crippen LogP contribution in [0, 0.1) is 12.8 Å². The van der Waals surface area contributed by atoms with Crippen molar-refractivity contribution < 1.29 is 14.4 Å². The minimum Gasteiger partial charge on any atom is -0.355 e. The zero-order valence-corrected chi connectivity index (χ0v) is 16.9. The number of rotatable bonds is 8. The zero-order valence-electron chi connectivity index (χ0n) is 16.0. The Balaban J connectivity index is 1.39. The Morgan fingerprint density at radius 1 is 1.19 bits per heavy atom. The Bertz CT molecular complexity index is 688. The molecule has 2 aliphatic rings. The maximum Gasteiger partial charge on any atom is 0.224 e. The summed E-state index contributed by atoms with van der Waals surface area (Å²) < 4.78 is 0. The molecule has 1 aromatic heterocycles. The predicted molar refractivity (Wildman–Crippen MR) is 106 cm³/mol. The van der Waals surface area contributed by atoms with Crippen LogP contribution in [-0.2, 0) is 20.8 Å². The molecule has 2 fully saturated rings. The van der Waals surface area contributed by atoms with Gasteiger partial charge in [0, 0.05) is 55.3 Å². The van der Waals surface area contributed by atoms with Crippen LogP contribution < -0.4 is 5.32 Å². The quantitative estimate of drug-likeness (QED) is 0.737. The van der Waals surface area contributed by atoms with E-state index in [4.69, 9.17) is 0 Å². The third kappa shape index (κ3) is 5.54. The SMILES string of the molecule is Cc1ccc(CCNC(=O)C2CCC(=O)N(CCCN3CCCC3=O)C2)s1. The molecule has 1 atom stereocenters. The van der Waals surface area contributed by atoms with Gasteiger partial charge in [0.25, 0.3) is 0 Å². The molecule has 1 aromatic rings. The van der Waals surface area contributed by atoms with Gasteiger partial charge < -0.3 is 15.1 Å². The second-order valence-electron chi connectivity index (χ2n) is 7.47. The van der Waals surface area contributed by atoms with Crippen LogP contribution in [0.25, 0.3) is 0 Å². The summed E-state index contributed by atoms with van der Waals surface area (Å²) in [5, 5.41) is 3.03. The van der Waals surface area contributed by atoms with Crippen molar-refractivity contribution in [3.05, 3.63) is 21.9 Å². The lowest BCUT2D eigenvalue weighted by Crippen LogP contribution is -2.46. The maximum absolute atomic E-state index is 12.5. The molecule has 0 aliphatic carbocycles. The average Bonchev–Trinajstić information content (AvgIpc) is 3.25. The van der Waals surface area contributed by atoms with Crippen LogP contribution in [0.2, 0.25) is 0 Å². The summed E-state index contributed by atoms with van der Waals surface area (Å²) in [4.78, 5) is 42.6. The molecule has 3 heterocycles. The normalized spacial score (nSPS) is 20.4. The molecule has 3 amide bonds. The van der Waals surface area contributed by atoms with Gasteiger partial charge in [-0.25, -0.2) is 0 Å². The van der Waals surface area contributed by atoms with Crippen LogP contribution in [0.15, 0.2) is 12.1 Å². The number of nitrogens with one attached hydrogen (secondary N) is 1. The molecule has 2 saturated heterocycles. The van der Waals surface area contributed by atoms with E-state index < -0.39 is 0 Å². The van der Waals surface area contributed by atoms with E-state index in [9.17, 15) is 14.4 Å². The average molecular weight is 392 g/mol. The summed E-state index contributed by atoms with van der Waals surface area (Å²) in [7, 11) is 0. The second-order valence-corrected chi connectivity index (χ2v) is 8.84. The van der Waals surface area contributed by atoms with E-state index in [1.165, 1.54) is 9.75 Å². The highest BCUT2D eigenvalue weighted by Gasteiger charge is 2.30. The van der Waals surface area contributed by atoms with Gasteiger partial charge in [-0.15, -0.1) is 11.3 Å². The van der Waals surface area contributed by atoms with Gasteiger partial charge in [-0.2, -0.15) is 0 Å². The summed E-state index contributed by atoms with van der Waals surface area (Å²) >= 11 is 1.76. The van der Waals surface area contributed by atoms with E-state index >= 15 is 0 Å². The Kier molecular flexibility index (Phi) is 6.88. The van der Waals surface area contributed by atoms with E-state index in [0.717, 1.165) is 25.8 Å². The summed E-state index contributed by atoms with van der Waals surface area (Å²) in [6.07, 6.45) is 4.28. The third-order valence-corrected chi connectivity index (χ3v) is 6.43. The molecule has 1 unspecified atom stereocenters. The first-order valence-corrected chi connectivity index (χ1v) is 10.7. The number of hydrogen-bond acceptors (Lipinski definition) is 4. The molecule has 7 heteroatoms. The fourth-order valence-electron chi connectivity index (χ4n) is 3.81. The Morgan fingerprint density at radius 2 is 1.96 bits per heavy atom. The molecule has 3 rings (SSSR count). The molecule has 0 saturated carbocycles. The molecule has 1 N–H and O–H groups in total. The van der Waals surface area contributed by atoms with Crippen LogP contribution in [0.4, 0.5) is 0 Å². The first-order chi connectivity index (χ1) is 13.0. The van der Waals surface area contributed by atoms with Crippen molar-refractivity contribution in [3.8, 4) is 0 Å². The van der Waals surface area contributed by atoms with E-state index in [2.05, 4.69) is 24.4 Å². The Labute approximate surface area is 164 Å². The van der Waals surface area contributed by atoms with E-state index in [0.29, 0.717) is 45.4 Å². The number of carbonyl (C=O) groups excluding carboxylic acids is 3. The molecule has 0 bridgehead atoms. The topological polar surface area (TPSA) is 69.7 Å². The third-order valence-electron chi connectivity index (χ3n) is 5.37. The molecule has 6 nitrogen and oxygen atoms in total. The molecule has 0 aromatic carbocycles. The van der Waals surface area contributed by atoms with Crippen molar-refractivity contribution in [1.82, 2.24) is 15.1 Å². The molecular formula is C20H29N3O3S. The van der Waals surface area contributed by atoms with Crippen molar-refractivity contribution in [3.63, 3.8) is 0 Å². The van der Waals surface area contributed by atoms with Gasteiger partial charge >= 0.3 is 0 Å². The monoisotopic (exact) mass is 391 g/mol. The molecule has 148 valence electrons. The molecule has 27 heavy (non-hydrogen) atoms. The minimum absolute atomic E-state index is 0.0514. The van der Waals surface area contributed by atoms with Crippen molar-refractivity contribution in [2.24, 2.45) is 5.92 Å². The van der Waals surface area contributed by atoms with Crippen LogP contribution in [0.5, 0.6) is 0 Å². The lowest BCUT2D eigenvalue weighted by Gasteiger charge is -2.32. The Hall–Kier alpha value is -1.89. The lowest BCUT2D eigenvalue weighted by molar-refractivity contribution is -0.138. The van der Waals surface area contributed by atoms with Crippen molar-refractivity contribution in [1.29, 1.82) is 0 Å². The minimum atomic E-state index is -0.124. The number of thiophene rings is 1. The fourth-order valence-corrected chi connectivity index (χ4v) is 4.70. The summed E-state index contributed by atoms with van der Waals surface area (Å²) in [5.74, 6) is 0.274. The number of hydrogen-bond donors (Lipinski definition) is 1. The number of carbonyl (C=O) groups is 3. The van der Waals surface area contributed by atoms with Gasteiger partial charge in [0.2, 0.25) is 17.7 Å². The summed E-state index contributed by atoms with van der Waals surface area (Å²) in [6, 6.07) is 4.21. The van der Waals surface area contributed by atoms with Crippen LogP contribution >= 0.6 is 11.3 Å². The summed E-state index contributed by atoms with van der Waals surface area (Å²) in [5.41, 5.74) is 0. The molecule has 0 radical (unpaired) electrons. The predicted octanol–water partition coefficient (Wildman–Crippen LogP) is 1.97. The highest BCUT2D eigenvalue weighted by Crippen LogP contribution is 2.19. The largest absolute Gasteiger partial charge is 0.355 e. The molecule has 0 spiro atoms. The molecule has 2 aliphatic heterocycles. The highest BCUT2D eigenvalue weighted by atomic mass is 32.1. The first kappa shape index (κ1) is 19.9. The van der Waals surface area contributed by atoms with Gasteiger partial charge in [0.1, 0.15) is 0 Å². The first-order valence-electron chi connectivity index (χ1n) is 9.91.